The maximum absolute atomic E-state index is 4.63. The summed E-state index contributed by atoms with van der Waals surface area (Å²) in [5.41, 5.74) is 5.13. The summed E-state index contributed by atoms with van der Waals surface area (Å²) in [5, 5.41) is 4.40. The summed E-state index contributed by atoms with van der Waals surface area (Å²) in [5.74, 6) is 0. The quantitative estimate of drug-likeness (QED) is 0.634. The first-order valence-electron chi connectivity index (χ1n) is 5.63. The average molecular weight is 223 g/mol. The third kappa shape index (κ3) is 1.69. The molecule has 2 heterocycles. The second-order valence-corrected chi connectivity index (χ2v) is 4.20. The lowest BCUT2D eigenvalue weighted by atomic mass is 10.1. The lowest BCUT2D eigenvalue weighted by Gasteiger charge is -2.04. The summed E-state index contributed by atoms with van der Waals surface area (Å²) >= 11 is 0. The van der Waals surface area contributed by atoms with Crippen molar-refractivity contribution in [1.29, 1.82) is 0 Å². The Labute approximate surface area is 99.7 Å². The molecule has 17 heavy (non-hydrogen) atoms. The van der Waals surface area contributed by atoms with E-state index >= 15 is 0 Å². The van der Waals surface area contributed by atoms with Crippen molar-refractivity contribution in [3.05, 3.63) is 53.9 Å². The molecule has 3 rings (SSSR count). The Hall–Kier alpha value is -2.16. The molecule has 3 heteroatoms. The molecule has 0 aliphatic heterocycles. The van der Waals surface area contributed by atoms with E-state index in [0.717, 1.165) is 28.3 Å². The van der Waals surface area contributed by atoms with Gasteiger partial charge in [0.15, 0.2) is 5.65 Å². The van der Waals surface area contributed by atoms with E-state index in [1.54, 1.807) is 0 Å². The molecule has 3 nitrogen and oxygen atoms in total. The Morgan fingerprint density at radius 1 is 1.00 bits per heavy atom. The first-order chi connectivity index (χ1) is 8.24. The van der Waals surface area contributed by atoms with Crippen molar-refractivity contribution in [2.45, 2.75) is 13.8 Å². The van der Waals surface area contributed by atoms with Crippen molar-refractivity contribution < 1.29 is 0 Å². The molecule has 84 valence electrons. The fourth-order valence-electron chi connectivity index (χ4n) is 2.00. The van der Waals surface area contributed by atoms with E-state index < -0.39 is 0 Å². The van der Waals surface area contributed by atoms with E-state index in [-0.39, 0.29) is 0 Å². The van der Waals surface area contributed by atoms with Gasteiger partial charge in [-0.1, -0.05) is 30.3 Å². The largest absolute Gasteiger partial charge is 0.229 e. The smallest absolute Gasteiger partial charge is 0.156 e. The molecule has 0 saturated carbocycles. The molecule has 0 radical (unpaired) electrons. The van der Waals surface area contributed by atoms with Gasteiger partial charge in [-0.15, -0.1) is 0 Å². The first kappa shape index (κ1) is 10.0. The molecule has 0 saturated heterocycles. The fraction of sp³-hybridized carbons (Fsp3) is 0.143. The Morgan fingerprint density at radius 2 is 1.76 bits per heavy atom. The van der Waals surface area contributed by atoms with Crippen LogP contribution in [0.1, 0.15) is 11.4 Å². The normalized spacial score (nSPS) is 10.9. The van der Waals surface area contributed by atoms with Gasteiger partial charge in [-0.2, -0.15) is 5.10 Å². The minimum atomic E-state index is 0.904. The highest BCUT2D eigenvalue weighted by molar-refractivity contribution is 5.62. The Morgan fingerprint density at radius 3 is 2.53 bits per heavy atom. The minimum absolute atomic E-state index is 0.904. The third-order valence-corrected chi connectivity index (χ3v) is 2.80. The molecule has 0 spiro atoms. The molecular weight excluding hydrogens is 210 g/mol. The van der Waals surface area contributed by atoms with Crippen LogP contribution in [0.5, 0.6) is 0 Å². The second kappa shape index (κ2) is 3.70. The van der Waals surface area contributed by atoms with E-state index in [9.17, 15) is 0 Å². The van der Waals surface area contributed by atoms with Crippen LogP contribution in [-0.4, -0.2) is 14.6 Å². The van der Waals surface area contributed by atoms with Crippen molar-refractivity contribution in [1.82, 2.24) is 14.6 Å². The zero-order valence-corrected chi connectivity index (χ0v) is 9.88. The number of nitrogens with zero attached hydrogens (tertiary/aromatic N) is 3. The summed E-state index contributed by atoms with van der Waals surface area (Å²) in [4.78, 5) is 4.63. The molecule has 0 amide bonds. The van der Waals surface area contributed by atoms with Gasteiger partial charge in [0.2, 0.25) is 0 Å². The van der Waals surface area contributed by atoms with Gasteiger partial charge in [-0.05, 0) is 19.9 Å². The highest BCUT2D eigenvalue weighted by atomic mass is 15.3. The predicted octanol–water partition coefficient (Wildman–Crippen LogP) is 3.01. The lowest BCUT2D eigenvalue weighted by molar-refractivity contribution is 0.879. The molecule has 0 aliphatic rings. The summed E-state index contributed by atoms with van der Waals surface area (Å²) in [6.45, 7) is 4.03. The summed E-state index contributed by atoms with van der Waals surface area (Å²) < 4.78 is 1.88. The number of hydrogen-bond acceptors (Lipinski definition) is 2. The zero-order chi connectivity index (χ0) is 11.8. The molecule has 0 bridgehead atoms. The fourth-order valence-corrected chi connectivity index (χ4v) is 2.00. The standard InChI is InChI=1S/C14H13N3/c1-10-8-14-15-13(9-11(2)17(14)16-10)12-6-4-3-5-7-12/h3-9H,1-2H3. The van der Waals surface area contributed by atoms with Crippen molar-refractivity contribution >= 4 is 5.65 Å². The number of fused-ring (bicyclic) bond motifs is 1. The van der Waals surface area contributed by atoms with Crippen LogP contribution in [0.4, 0.5) is 0 Å². The van der Waals surface area contributed by atoms with E-state index in [1.165, 1.54) is 0 Å². The van der Waals surface area contributed by atoms with Gasteiger partial charge in [0, 0.05) is 17.3 Å². The van der Waals surface area contributed by atoms with Crippen LogP contribution in [0.3, 0.4) is 0 Å². The molecule has 2 aromatic heterocycles. The van der Waals surface area contributed by atoms with Gasteiger partial charge < -0.3 is 0 Å². The SMILES string of the molecule is Cc1cc2nc(-c3ccccc3)cc(C)n2n1. The Bertz CT molecular complexity index is 669. The maximum atomic E-state index is 4.63. The maximum Gasteiger partial charge on any atom is 0.156 e. The number of benzene rings is 1. The summed E-state index contributed by atoms with van der Waals surface area (Å²) in [7, 11) is 0. The minimum Gasteiger partial charge on any atom is -0.229 e. The van der Waals surface area contributed by atoms with E-state index in [2.05, 4.69) is 28.3 Å². The summed E-state index contributed by atoms with van der Waals surface area (Å²) in [6.07, 6.45) is 0. The summed E-state index contributed by atoms with van der Waals surface area (Å²) in [6, 6.07) is 14.3. The number of hydrogen-bond donors (Lipinski definition) is 0. The van der Waals surface area contributed by atoms with Gasteiger partial charge in [0.05, 0.1) is 11.4 Å². The van der Waals surface area contributed by atoms with Crippen LogP contribution in [0.2, 0.25) is 0 Å². The van der Waals surface area contributed by atoms with Crippen LogP contribution < -0.4 is 0 Å². The molecule has 0 atom stereocenters. The van der Waals surface area contributed by atoms with Gasteiger partial charge in [0.25, 0.3) is 0 Å². The molecule has 3 aromatic rings. The van der Waals surface area contributed by atoms with Crippen LogP contribution >= 0.6 is 0 Å². The molecular formula is C14H13N3. The Kier molecular flexibility index (Phi) is 2.18. The van der Waals surface area contributed by atoms with Crippen LogP contribution in [0.15, 0.2) is 42.5 Å². The predicted molar refractivity (Wildman–Crippen MR) is 67.9 cm³/mol. The zero-order valence-electron chi connectivity index (χ0n) is 9.88. The van der Waals surface area contributed by atoms with Crippen molar-refractivity contribution in [3.8, 4) is 11.3 Å². The van der Waals surface area contributed by atoms with Gasteiger partial charge in [-0.25, -0.2) is 9.50 Å². The molecule has 1 aromatic carbocycles. The average Bonchev–Trinajstić information content (AvgIpc) is 2.71. The molecule has 0 unspecified atom stereocenters. The number of rotatable bonds is 1. The monoisotopic (exact) mass is 223 g/mol. The molecule has 0 N–H and O–H groups in total. The van der Waals surface area contributed by atoms with Gasteiger partial charge in [0.1, 0.15) is 0 Å². The van der Waals surface area contributed by atoms with Gasteiger partial charge >= 0.3 is 0 Å². The number of aryl methyl sites for hydroxylation is 2. The number of aromatic nitrogens is 3. The lowest BCUT2D eigenvalue weighted by Crippen LogP contribution is -1.97. The second-order valence-electron chi connectivity index (χ2n) is 4.20. The molecule has 0 aliphatic carbocycles. The topological polar surface area (TPSA) is 30.2 Å². The van der Waals surface area contributed by atoms with Crippen LogP contribution in [0.25, 0.3) is 16.9 Å². The van der Waals surface area contributed by atoms with E-state index in [1.807, 2.05) is 42.6 Å². The van der Waals surface area contributed by atoms with E-state index in [0.29, 0.717) is 0 Å². The van der Waals surface area contributed by atoms with Crippen LogP contribution in [-0.2, 0) is 0 Å². The van der Waals surface area contributed by atoms with Crippen molar-refractivity contribution in [2.75, 3.05) is 0 Å². The van der Waals surface area contributed by atoms with Crippen molar-refractivity contribution in [2.24, 2.45) is 0 Å². The third-order valence-electron chi connectivity index (χ3n) is 2.80. The highest BCUT2D eigenvalue weighted by Crippen LogP contribution is 2.19. The van der Waals surface area contributed by atoms with Gasteiger partial charge in [-0.3, -0.25) is 0 Å². The van der Waals surface area contributed by atoms with Crippen LogP contribution in [0, 0.1) is 13.8 Å². The first-order valence-corrected chi connectivity index (χ1v) is 5.63. The Balaban J connectivity index is 2.25. The molecule has 0 fully saturated rings. The van der Waals surface area contributed by atoms with E-state index in [4.69, 9.17) is 0 Å². The van der Waals surface area contributed by atoms with Crippen molar-refractivity contribution in [3.63, 3.8) is 0 Å². The highest BCUT2D eigenvalue weighted by Gasteiger charge is 2.06.